The molecule has 0 saturated heterocycles. The largest absolute Gasteiger partial charge is 0.396 e. The summed E-state index contributed by atoms with van der Waals surface area (Å²) in [5.74, 6) is -1.56. The van der Waals surface area contributed by atoms with Crippen LogP contribution >= 0.6 is 0 Å². The molecule has 0 heterocycles. The second-order valence-corrected chi connectivity index (χ2v) is 4.05. The Balaban J connectivity index is 2.50. The van der Waals surface area contributed by atoms with E-state index < -0.39 is 23.4 Å². The van der Waals surface area contributed by atoms with Crippen LogP contribution in [0.25, 0.3) is 0 Å². The topological polar surface area (TPSA) is 61.4 Å². The second kappa shape index (κ2) is 6.90. The molecule has 18 heavy (non-hydrogen) atoms. The predicted octanol–water partition coefficient (Wildman–Crippen LogP) is 2.10. The molecule has 4 nitrogen and oxygen atoms in total. The standard InChI is InChI=1S/C12H16F2N2O2/c1-8(5-6-17)7-15-12(18)16-11-9(13)3-2-4-10(11)14/h2-4,8,17H,5-7H2,1H3,(H2,15,16,18). The van der Waals surface area contributed by atoms with Crippen LogP contribution in [-0.2, 0) is 0 Å². The van der Waals surface area contributed by atoms with Gasteiger partial charge in [0.1, 0.15) is 17.3 Å². The maximum atomic E-state index is 13.2. The first-order valence-electron chi connectivity index (χ1n) is 5.64. The lowest BCUT2D eigenvalue weighted by atomic mass is 10.1. The summed E-state index contributed by atoms with van der Waals surface area (Å²) in [6.45, 7) is 2.20. The molecule has 0 aliphatic rings. The Morgan fingerprint density at radius 3 is 2.56 bits per heavy atom. The molecule has 0 radical (unpaired) electrons. The van der Waals surface area contributed by atoms with Gasteiger partial charge in [-0.2, -0.15) is 0 Å². The number of benzene rings is 1. The van der Waals surface area contributed by atoms with E-state index >= 15 is 0 Å². The van der Waals surface area contributed by atoms with E-state index in [9.17, 15) is 13.6 Å². The van der Waals surface area contributed by atoms with E-state index in [2.05, 4.69) is 10.6 Å². The Labute approximate surface area is 104 Å². The maximum absolute atomic E-state index is 13.2. The van der Waals surface area contributed by atoms with Gasteiger partial charge in [0.25, 0.3) is 0 Å². The van der Waals surface area contributed by atoms with E-state index in [1.165, 1.54) is 6.07 Å². The van der Waals surface area contributed by atoms with Gasteiger partial charge in [-0.05, 0) is 24.5 Å². The molecule has 1 rings (SSSR count). The van der Waals surface area contributed by atoms with Crippen LogP contribution < -0.4 is 10.6 Å². The number of carbonyl (C=O) groups is 1. The Morgan fingerprint density at radius 1 is 1.39 bits per heavy atom. The summed E-state index contributed by atoms with van der Waals surface area (Å²) in [7, 11) is 0. The number of urea groups is 1. The highest BCUT2D eigenvalue weighted by atomic mass is 19.1. The van der Waals surface area contributed by atoms with Crippen LogP contribution in [0.3, 0.4) is 0 Å². The van der Waals surface area contributed by atoms with Crippen LogP contribution in [0.15, 0.2) is 18.2 Å². The molecule has 0 aliphatic carbocycles. The van der Waals surface area contributed by atoms with Crippen LogP contribution in [0.1, 0.15) is 13.3 Å². The third-order valence-corrected chi connectivity index (χ3v) is 2.43. The highest BCUT2D eigenvalue weighted by Crippen LogP contribution is 2.17. The predicted molar refractivity (Wildman–Crippen MR) is 64.2 cm³/mol. The zero-order valence-corrected chi connectivity index (χ0v) is 10.0. The lowest BCUT2D eigenvalue weighted by Gasteiger charge is -2.12. The fourth-order valence-electron chi connectivity index (χ4n) is 1.36. The normalized spacial score (nSPS) is 12.0. The van der Waals surface area contributed by atoms with Crippen LogP contribution in [0.2, 0.25) is 0 Å². The van der Waals surface area contributed by atoms with Gasteiger partial charge >= 0.3 is 6.03 Å². The lowest BCUT2D eigenvalue weighted by molar-refractivity contribution is 0.243. The average molecular weight is 258 g/mol. The van der Waals surface area contributed by atoms with Crippen molar-refractivity contribution >= 4 is 11.7 Å². The summed E-state index contributed by atoms with van der Waals surface area (Å²) in [5.41, 5.74) is -0.468. The number of aliphatic hydroxyl groups is 1. The third-order valence-electron chi connectivity index (χ3n) is 2.43. The molecule has 1 atom stereocenters. The first-order valence-corrected chi connectivity index (χ1v) is 5.64. The lowest BCUT2D eigenvalue weighted by Crippen LogP contribution is -2.33. The van der Waals surface area contributed by atoms with E-state index in [0.717, 1.165) is 12.1 Å². The van der Waals surface area contributed by atoms with Gasteiger partial charge in [-0.1, -0.05) is 13.0 Å². The minimum atomic E-state index is -0.825. The summed E-state index contributed by atoms with van der Waals surface area (Å²) < 4.78 is 26.4. The minimum Gasteiger partial charge on any atom is -0.396 e. The number of para-hydroxylation sites is 1. The number of aliphatic hydroxyl groups excluding tert-OH is 1. The average Bonchev–Trinajstić information content (AvgIpc) is 2.32. The van der Waals surface area contributed by atoms with Crippen LogP contribution in [0, 0.1) is 17.6 Å². The van der Waals surface area contributed by atoms with Crippen molar-refractivity contribution in [1.82, 2.24) is 5.32 Å². The molecule has 0 aliphatic heterocycles. The molecule has 2 amide bonds. The molecule has 1 unspecified atom stereocenters. The van der Waals surface area contributed by atoms with Crippen LogP contribution in [0.5, 0.6) is 0 Å². The van der Waals surface area contributed by atoms with E-state index in [4.69, 9.17) is 5.11 Å². The zero-order chi connectivity index (χ0) is 13.5. The number of nitrogens with one attached hydrogen (secondary N) is 2. The Morgan fingerprint density at radius 2 is 2.00 bits per heavy atom. The van der Waals surface area contributed by atoms with Crippen molar-refractivity contribution in [1.29, 1.82) is 0 Å². The summed E-state index contributed by atoms with van der Waals surface area (Å²) in [5, 5.41) is 13.3. The highest BCUT2D eigenvalue weighted by molar-refractivity contribution is 5.89. The molecule has 0 spiro atoms. The van der Waals surface area contributed by atoms with Gasteiger partial charge in [0.05, 0.1) is 0 Å². The fourth-order valence-corrected chi connectivity index (χ4v) is 1.36. The van der Waals surface area contributed by atoms with Gasteiger partial charge in [0.15, 0.2) is 0 Å². The van der Waals surface area contributed by atoms with Gasteiger partial charge in [-0.15, -0.1) is 0 Å². The summed E-state index contributed by atoms with van der Waals surface area (Å²) in [6.07, 6.45) is 0.550. The van der Waals surface area contributed by atoms with Crippen LogP contribution in [0.4, 0.5) is 19.3 Å². The molecule has 1 aromatic carbocycles. The van der Waals surface area contributed by atoms with Gasteiger partial charge < -0.3 is 15.7 Å². The summed E-state index contributed by atoms with van der Waals surface area (Å²) >= 11 is 0. The zero-order valence-electron chi connectivity index (χ0n) is 10.0. The monoisotopic (exact) mass is 258 g/mol. The van der Waals surface area contributed by atoms with E-state index in [1.54, 1.807) is 0 Å². The molecule has 0 bridgehead atoms. The van der Waals surface area contributed by atoms with E-state index in [-0.39, 0.29) is 12.5 Å². The van der Waals surface area contributed by atoms with Crippen molar-refractivity contribution in [3.63, 3.8) is 0 Å². The number of hydrogen-bond donors (Lipinski definition) is 3. The smallest absolute Gasteiger partial charge is 0.319 e. The van der Waals surface area contributed by atoms with Crippen molar-refractivity contribution in [3.05, 3.63) is 29.8 Å². The molecule has 3 N–H and O–H groups in total. The summed E-state index contributed by atoms with van der Waals surface area (Å²) in [4.78, 5) is 11.4. The Kier molecular flexibility index (Phi) is 5.51. The molecular formula is C12H16F2N2O2. The van der Waals surface area contributed by atoms with Crippen molar-refractivity contribution in [2.45, 2.75) is 13.3 Å². The number of halogens is 2. The SMILES string of the molecule is CC(CCO)CNC(=O)Nc1c(F)cccc1F. The fraction of sp³-hybridized carbons (Fsp3) is 0.417. The number of amides is 2. The van der Waals surface area contributed by atoms with Crippen molar-refractivity contribution in [2.75, 3.05) is 18.5 Å². The molecule has 1 aromatic rings. The number of hydrogen-bond acceptors (Lipinski definition) is 2. The third kappa shape index (κ3) is 4.29. The maximum Gasteiger partial charge on any atom is 0.319 e. The second-order valence-electron chi connectivity index (χ2n) is 4.05. The number of anilines is 1. The first kappa shape index (κ1) is 14.4. The molecular weight excluding hydrogens is 242 g/mol. The quantitative estimate of drug-likeness (QED) is 0.757. The number of rotatable bonds is 5. The van der Waals surface area contributed by atoms with Gasteiger partial charge in [-0.25, -0.2) is 13.6 Å². The first-order chi connectivity index (χ1) is 8.54. The van der Waals surface area contributed by atoms with Crippen molar-refractivity contribution < 1.29 is 18.7 Å². The van der Waals surface area contributed by atoms with Gasteiger partial charge in [-0.3, -0.25) is 0 Å². The van der Waals surface area contributed by atoms with E-state index in [1.807, 2.05) is 6.92 Å². The molecule has 100 valence electrons. The van der Waals surface area contributed by atoms with Gasteiger partial charge in [0.2, 0.25) is 0 Å². The van der Waals surface area contributed by atoms with E-state index in [0.29, 0.717) is 13.0 Å². The van der Waals surface area contributed by atoms with Crippen LogP contribution in [-0.4, -0.2) is 24.3 Å². The Hall–Kier alpha value is -1.69. The minimum absolute atomic E-state index is 0.0341. The summed E-state index contributed by atoms with van der Waals surface area (Å²) in [6, 6.07) is 2.67. The molecule has 0 aromatic heterocycles. The number of carbonyl (C=O) groups excluding carboxylic acids is 1. The Bertz CT molecular complexity index is 393. The highest BCUT2D eigenvalue weighted by Gasteiger charge is 2.12. The molecule has 0 saturated carbocycles. The molecule has 0 fully saturated rings. The van der Waals surface area contributed by atoms with Gasteiger partial charge in [0, 0.05) is 13.2 Å². The van der Waals surface area contributed by atoms with Crippen molar-refractivity contribution in [3.8, 4) is 0 Å². The van der Waals surface area contributed by atoms with Crippen molar-refractivity contribution in [2.24, 2.45) is 5.92 Å². The molecule has 6 heteroatoms.